The number of fused-ring (bicyclic) bond motifs is 3. The lowest BCUT2D eigenvalue weighted by molar-refractivity contribution is -0.142. The van der Waals surface area contributed by atoms with Gasteiger partial charge >= 0.3 is 12.1 Å². The zero-order chi connectivity index (χ0) is 18.7. The van der Waals surface area contributed by atoms with Crippen molar-refractivity contribution >= 4 is 12.1 Å². The largest absolute Gasteiger partial charge is 0.480 e. The number of nitrogens with one attached hydrogen (secondary N) is 1. The number of aliphatic hydroxyl groups is 1. The molecule has 0 heterocycles. The highest BCUT2D eigenvalue weighted by atomic mass is 16.5. The lowest BCUT2D eigenvalue weighted by atomic mass is 9.98. The van der Waals surface area contributed by atoms with E-state index in [4.69, 9.17) is 9.84 Å². The third-order valence-electron chi connectivity index (χ3n) is 4.69. The molecule has 2 aromatic carbocycles. The molecule has 0 unspecified atom stereocenters. The fraction of sp³-hybridized carbons (Fsp3) is 0.300. The number of aliphatic carboxylic acids is 1. The van der Waals surface area contributed by atoms with Crippen molar-refractivity contribution in [3.8, 4) is 11.1 Å². The zero-order valence-electron chi connectivity index (χ0n) is 14.4. The number of carbonyl (C=O) groups excluding carboxylic acids is 1. The number of carboxylic acids is 1. The summed E-state index contributed by atoms with van der Waals surface area (Å²) in [5.41, 5.74) is 4.37. The van der Waals surface area contributed by atoms with Crippen molar-refractivity contribution in [2.24, 2.45) is 0 Å². The molecule has 6 heteroatoms. The summed E-state index contributed by atoms with van der Waals surface area (Å²) < 4.78 is 5.29. The summed E-state index contributed by atoms with van der Waals surface area (Å²) in [7, 11) is 0. The second kappa shape index (κ2) is 7.58. The summed E-state index contributed by atoms with van der Waals surface area (Å²) in [6.07, 6.45) is -1.82. The van der Waals surface area contributed by atoms with E-state index in [1.165, 1.54) is 0 Å². The third kappa shape index (κ3) is 3.41. The topological polar surface area (TPSA) is 95.9 Å². The Morgan fingerprint density at radius 2 is 1.62 bits per heavy atom. The Morgan fingerprint density at radius 3 is 2.12 bits per heavy atom. The summed E-state index contributed by atoms with van der Waals surface area (Å²) in [6.45, 7) is 1.73. The second-order valence-electron chi connectivity index (χ2n) is 6.26. The number of hydrogen-bond acceptors (Lipinski definition) is 4. The molecule has 0 fully saturated rings. The van der Waals surface area contributed by atoms with Crippen LogP contribution in [0.2, 0.25) is 0 Å². The number of carboxylic acid groups (broad SMARTS) is 1. The van der Waals surface area contributed by atoms with Gasteiger partial charge in [0.1, 0.15) is 6.61 Å². The number of amides is 1. The maximum atomic E-state index is 12.1. The second-order valence-corrected chi connectivity index (χ2v) is 6.26. The predicted octanol–water partition coefficient (Wildman–Crippen LogP) is 2.75. The first-order valence-corrected chi connectivity index (χ1v) is 8.55. The highest BCUT2D eigenvalue weighted by Crippen LogP contribution is 2.44. The predicted molar refractivity (Wildman–Crippen MR) is 95.9 cm³/mol. The highest BCUT2D eigenvalue weighted by molar-refractivity contribution is 5.81. The molecule has 0 aromatic heterocycles. The normalized spacial score (nSPS) is 14.8. The third-order valence-corrected chi connectivity index (χ3v) is 4.69. The van der Waals surface area contributed by atoms with Gasteiger partial charge in [0.2, 0.25) is 0 Å². The van der Waals surface area contributed by atoms with Gasteiger partial charge < -0.3 is 20.3 Å². The smallest absolute Gasteiger partial charge is 0.407 e. The van der Waals surface area contributed by atoms with Crippen molar-refractivity contribution in [1.29, 1.82) is 0 Å². The van der Waals surface area contributed by atoms with Gasteiger partial charge in [0, 0.05) is 5.92 Å². The monoisotopic (exact) mass is 355 g/mol. The van der Waals surface area contributed by atoms with Crippen LogP contribution in [0.1, 0.15) is 30.4 Å². The van der Waals surface area contributed by atoms with Gasteiger partial charge in [-0.05, 0) is 28.7 Å². The maximum absolute atomic E-state index is 12.1. The molecule has 2 aromatic rings. The van der Waals surface area contributed by atoms with Crippen molar-refractivity contribution in [3.63, 3.8) is 0 Å². The van der Waals surface area contributed by atoms with Crippen molar-refractivity contribution in [2.75, 3.05) is 6.61 Å². The van der Waals surface area contributed by atoms with Crippen LogP contribution in [0, 0.1) is 0 Å². The van der Waals surface area contributed by atoms with Crippen LogP contribution in [0.3, 0.4) is 0 Å². The van der Waals surface area contributed by atoms with Gasteiger partial charge in [-0.3, -0.25) is 0 Å². The molecule has 0 saturated carbocycles. The Bertz CT molecular complexity index is 774. The Labute approximate surface area is 151 Å². The molecule has 0 bridgehead atoms. The Hall–Kier alpha value is -2.86. The van der Waals surface area contributed by atoms with Crippen molar-refractivity contribution in [1.82, 2.24) is 5.32 Å². The molecule has 2 atom stereocenters. The molecule has 0 radical (unpaired) electrons. The fourth-order valence-electron chi connectivity index (χ4n) is 3.33. The number of ether oxygens (including phenoxy) is 1. The van der Waals surface area contributed by atoms with E-state index in [0.717, 1.165) is 22.3 Å². The van der Waals surface area contributed by atoms with Crippen LogP contribution in [0.15, 0.2) is 48.5 Å². The van der Waals surface area contributed by atoms with Crippen LogP contribution in [-0.2, 0) is 9.53 Å². The first-order chi connectivity index (χ1) is 12.5. The quantitative estimate of drug-likeness (QED) is 0.740. The van der Waals surface area contributed by atoms with E-state index in [9.17, 15) is 14.7 Å². The van der Waals surface area contributed by atoms with Crippen molar-refractivity contribution in [2.45, 2.75) is 31.4 Å². The minimum absolute atomic E-state index is 0.0917. The Balaban J connectivity index is 1.72. The van der Waals surface area contributed by atoms with E-state index < -0.39 is 24.2 Å². The Morgan fingerprint density at radius 1 is 1.08 bits per heavy atom. The summed E-state index contributed by atoms with van der Waals surface area (Å²) in [5, 5.41) is 21.1. The first kappa shape index (κ1) is 17.9. The first-order valence-electron chi connectivity index (χ1n) is 8.55. The molecule has 0 spiro atoms. The van der Waals surface area contributed by atoms with Gasteiger partial charge in [-0.2, -0.15) is 0 Å². The fourth-order valence-corrected chi connectivity index (χ4v) is 3.33. The van der Waals surface area contributed by atoms with Gasteiger partial charge in [-0.15, -0.1) is 0 Å². The zero-order valence-corrected chi connectivity index (χ0v) is 14.4. The van der Waals surface area contributed by atoms with Crippen LogP contribution in [-0.4, -0.2) is 41.0 Å². The van der Waals surface area contributed by atoms with Gasteiger partial charge in [0.25, 0.3) is 0 Å². The molecule has 3 rings (SSSR count). The van der Waals surface area contributed by atoms with Gasteiger partial charge in [0.15, 0.2) is 6.04 Å². The molecule has 6 nitrogen and oxygen atoms in total. The molecular weight excluding hydrogens is 334 g/mol. The van der Waals surface area contributed by atoms with E-state index in [-0.39, 0.29) is 18.9 Å². The minimum atomic E-state index is -1.39. The SMILES string of the molecule is CC[C@H](O)[C@H](NC(=O)OCC1c2ccccc2-c2ccccc21)C(=O)O. The number of aliphatic hydroxyl groups excluding tert-OH is 1. The lowest BCUT2D eigenvalue weighted by Gasteiger charge is -2.20. The lowest BCUT2D eigenvalue weighted by Crippen LogP contribution is -2.48. The number of rotatable bonds is 6. The highest BCUT2D eigenvalue weighted by Gasteiger charge is 2.31. The van der Waals surface area contributed by atoms with Crippen LogP contribution in [0.4, 0.5) is 4.79 Å². The number of carbonyl (C=O) groups is 2. The van der Waals surface area contributed by atoms with Crippen LogP contribution >= 0.6 is 0 Å². The van der Waals surface area contributed by atoms with Crippen LogP contribution < -0.4 is 5.32 Å². The molecular formula is C20H21NO5. The van der Waals surface area contributed by atoms with Gasteiger partial charge in [-0.25, -0.2) is 9.59 Å². The molecule has 1 aliphatic carbocycles. The number of benzene rings is 2. The summed E-state index contributed by atoms with van der Waals surface area (Å²) in [6, 6.07) is 14.5. The van der Waals surface area contributed by atoms with Crippen LogP contribution in [0.5, 0.6) is 0 Å². The van der Waals surface area contributed by atoms with E-state index >= 15 is 0 Å². The summed E-state index contributed by atoms with van der Waals surface area (Å²) >= 11 is 0. The molecule has 26 heavy (non-hydrogen) atoms. The minimum Gasteiger partial charge on any atom is -0.480 e. The van der Waals surface area contributed by atoms with E-state index in [0.29, 0.717) is 0 Å². The van der Waals surface area contributed by atoms with Gasteiger partial charge in [0.05, 0.1) is 6.10 Å². The molecule has 1 amide bonds. The number of alkyl carbamates (subject to hydrolysis) is 1. The molecule has 136 valence electrons. The number of hydrogen-bond donors (Lipinski definition) is 3. The van der Waals surface area contributed by atoms with Crippen LogP contribution in [0.25, 0.3) is 11.1 Å². The van der Waals surface area contributed by atoms with Gasteiger partial charge in [-0.1, -0.05) is 55.5 Å². The average molecular weight is 355 g/mol. The molecule has 1 aliphatic rings. The molecule has 0 aliphatic heterocycles. The van der Waals surface area contributed by atoms with Crippen molar-refractivity contribution in [3.05, 3.63) is 59.7 Å². The van der Waals surface area contributed by atoms with E-state index in [2.05, 4.69) is 5.32 Å². The van der Waals surface area contributed by atoms with E-state index in [1.54, 1.807) is 6.92 Å². The molecule has 0 saturated heterocycles. The standard InChI is InChI=1S/C20H21NO5/c1-2-17(22)18(19(23)24)21-20(25)26-11-16-14-9-5-3-7-12(14)13-8-4-6-10-15(13)16/h3-10,16-18,22H,2,11H2,1H3,(H,21,25)(H,23,24)/t17-,18-/m0/s1. The summed E-state index contributed by atoms with van der Waals surface area (Å²) in [5.74, 6) is -1.40. The summed E-state index contributed by atoms with van der Waals surface area (Å²) in [4.78, 5) is 23.2. The van der Waals surface area contributed by atoms with E-state index in [1.807, 2.05) is 48.5 Å². The van der Waals surface area contributed by atoms with Crippen molar-refractivity contribution < 1.29 is 24.5 Å². The average Bonchev–Trinajstić information content (AvgIpc) is 2.97. The Kier molecular flexibility index (Phi) is 5.23. The molecule has 3 N–H and O–H groups in total. The maximum Gasteiger partial charge on any atom is 0.407 e.